The highest BCUT2D eigenvalue weighted by molar-refractivity contribution is 9.10. The lowest BCUT2D eigenvalue weighted by atomic mass is 10.3. The van der Waals surface area contributed by atoms with E-state index in [0.717, 1.165) is 33.6 Å². The van der Waals surface area contributed by atoms with Gasteiger partial charge in [0.2, 0.25) is 0 Å². The lowest BCUT2D eigenvalue weighted by Gasteiger charge is -2.06. The van der Waals surface area contributed by atoms with Crippen LogP contribution in [0.3, 0.4) is 0 Å². The Kier molecular flexibility index (Phi) is 4.66. The van der Waals surface area contributed by atoms with Crippen LogP contribution < -0.4 is 0 Å². The average Bonchev–Trinajstić information content (AvgIpc) is 2.71. The molecular weight excluding hydrogens is 328 g/mol. The van der Waals surface area contributed by atoms with Crippen LogP contribution in [0.25, 0.3) is 11.0 Å². The van der Waals surface area contributed by atoms with E-state index in [1.165, 1.54) is 11.8 Å². The maximum absolute atomic E-state index is 10.7. The van der Waals surface area contributed by atoms with Gasteiger partial charge in [-0.25, -0.2) is 4.98 Å². The molecule has 100 valence electrons. The van der Waals surface area contributed by atoms with Crippen LogP contribution in [0.1, 0.15) is 6.42 Å². The molecule has 0 aliphatic heterocycles. The highest BCUT2D eigenvalue weighted by Crippen LogP contribution is 2.26. The van der Waals surface area contributed by atoms with Crippen molar-refractivity contribution in [2.24, 2.45) is 0 Å². The predicted molar refractivity (Wildman–Crippen MR) is 80.6 cm³/mol. The number of carbonyl (C=O) groups is 1. The fourth-order valence-electron chi connectivity index (χ4n) is 1.75. The number of imidazole rings is 1. The molecule has 0 aliphatic carbocycles. The number of nitrogens with zero attached hydrogens (tertiary/aromatic N) is 2. The van der Waals surface area contributed by atoms with Crippen molar-refractivity contribution in [2.45, 2.75) is 18.1 Å². The number of fused-ring (bicyclic) bond motifs is 1. The van der Waals surface area contributed by atoms with Crippen LogP contribution in [0, 0.1) is 0 Å². The maximum Gasteiger partial charge on any atom is 0.313 e. The van der Waals surface area contributed by atoms with Crippen molar-refractivity contribution in [3.63, 3.8) is 0 Å². The molecule has 0 amide bonds. The van der Waals surface area contributed by atoms with Gasteiger partial charge in [0.1, 0.15) is 0 Å². The topological polar surface area (TPSA) is 55.1 Å². The van der Waals surface area contributed by atoms with Gasteiger partial charge < -0.3 is 9.67 Å². The number of rotatable bonds is 6. The highest BCUT2D eigenvalue weighted by Gasteiger charge is 2.12. The first kappa shape index (κ1) is 14.1. The Morgan fingerprint density at radius 2 is 2.37 bits per heavy atom. The van der Waals surface area contributed by atoms with Crippen LogP contribution in [-0.4, -0.2) is 26.4 Å². The number of aliphatic carboxylic acids is 1. The summed E-state index contributed by atoms with van der Waals surface area (Å²) in [4.78, 5) is 15.2. The van der Waals surface area contributed by atoms with Gasteiger partial charge in [0.25, 0.3) is 0 Å². The smallest absolute Gasteiger partial charge is 0.313 e. The molecule has 0 radical (unpaired) electrons. The fourth-order valence-corrected chi connectivity index (χ4v) is 2.86. The van der Waals surface area contributed by atoms with E-state index in [2.05, 4.69) is 27.5 Å². The normalized spacial score (nSPS) is 10.8. The maximum atomic E-state index is 10.7. The summed E-state index contributed by atoms with van der Waals surface area (Å²) in [6, 6.07) is 5.85. The van der Waals surface area contributed by atoms with Crippen LogP contribution >= 0.6 is 27.7 Å². The quantitative estimate of drug-likeness (QED) is 0.645. The van der Waals surface area contributed by atoms with Gasteiger partial charge in [-0.1, -0.05) is 33.8 Å². The SMILES string of the molecule is C=CCCn1c(SCC(=O)O)nc2ccc(Br)cc21. The van der Waals surface area contributed by atoms with Gasteiger partial charge in [0.05, 0.1) is 16.8 Å². The van der Waals surface area contributed by atoms with Crippen LogP contribution in [0.2, 0.25) is 0 Å². The van der Waals surface area contributed by atoms with Crippen LogP contribution in [0.15, 0.2) is 40.5 Å². The van der Waals surface area contributed by atoms with E-state index >= 15 is 0 Å². The number of benzene rings is 1. The Morgan fingerprint density at radius 1 is 1.58 bits per heavy atom. The number of thioether (sulfide) groups is 1. The summed E-state index contributed by atoms with van der Waals surface area (Å²) in [5.74, 6) is -0.827. The summed E-state index contributed by atoms with van der Waals surface area (Å²) >= 11 is 4.68. The van der Waals surface area contributed by atoms with Crippen molar-refractivity contribution < 1.29 is 9.90 Å². The highest BCUT2D eigenvalue weighted by atomic mass is 79.9. The predicted octanol–water partition coefficient (Wildman–Crippen LogP) is 3.55. The summed E-state index contributed by atoms with van der Waals surface area (Å²) < 4.78 is 3.02. The van der Waals surface area contributed by atoms with Crippen molar-refractivity contribution in [1.29, 1.82) is 0 Å². The zero-order valence-corrected chi connectivity index (χ0v) is 12.6. The number of carboxylic acids is 1. The third-order valence-corrected chi connectivity index (χ3v) is 4.01. The molecule has 2 aromatic rings. The zero-order chi connectivity index (χ0) is 13.8. The van der Waals surface area contributed by atoms with Crippen LogP contribution in [-0.2, 0) is 11.3 Å². The minimum Gasteiger partial charge on any atom is -0.481 e. The van der Waals surface area contributed by atoms with E-state index in [0.29, 0.717) is 0 Å². The average molecular weight is 341 g/mol. The summed E-state index contributed by atoms with van der Waals surface area (Å²) in [5.41, 5.74) is 1.88. The zero-order valence-electron chi connectivity index (χ0n) is 10.2. The first-order valence-electron chi connectivity index (χ1n) is 5.73. The molecule has 2 rings (SSSR count). The molecular formula is C13H13BrN2O2S. The minimum absolute atomic E-state index is 0.0125. The van der Waals surface area contributed by atoms with Crippen molar-refractivity contribution in [2.75, 3.05) is 5.75 Å². The third kappa shape index (κ3) is 3.39. The Morgan fingerprint density at radius 3 is 3.05 bits per heavy atom. The number of allylic oxidation sites excluding steroid dienone is 1. The molecule has 1 N–H and O–H groups in total. The molecule has 0 saturated carbocycles. The molecule has 6 heteroatoms. The van der Waals surface area contributed by atoms with Crippen molar-refractivity contribution in [3.8, 4) is 0 Å². The molecule has 0 saturated heterocycles. The second kappa shape index (κ2) is 6.25. The van der Waals surface area contributed by atoms with Gasteiger partial charge in [-0.3, -0.25) is 4.79 Å². The molecule has 0 spiro atoms. The van der Waals surface area contributed by atoms with Crippen molar-refractivity contribution >= 4 is 44.7 Å². The number of aromatic nitrogens is 2. The molecule has 19 heavy (non-hydrogen) atoms. The first-order chi connectivity index (χ1) is 9.11. The lowest BCUT2D eigenvalue weighted by Crippen LogP contribution is -2.03. The standard InChI is InChI=1S/C13H13BrN2O2S/c1-2-3-6-16-11-7-9(14)4-5-10(11)15-13(16)19-8-12(17)18/h2,4-5,7H,1,3,6,8H2,(H,17,18). The molecule has 1 heterocycles. The second-order valence-corrected chi connectivity index (χ2v) is 5.80. The van der Waals surface area contributed by atoms with Crippen molar-refractivity contribution in [3.05, 3.63) is 35.3 Å². The molecule has 0 fully saturated rings. The number of aryl methyl sites for hydroxylation is 1. The van der Waals surface area contributed by atoms with Crippen LogP contribution in [0.5, 0.6) is 0 Å². The molecule has 4 nitrogen and oxygen atoms in total. The first-order valence-corrected chi connectivity index (χ1v) is 7.51. The summed E-state index contributed by atoms with van der Waals surface area (Å²) in [7, 11) is 0. The second-order valence-electron chi connectivity index (χ2n) is 3.94. The Bertz CT molecular complexity index is 624. The summed E-state index contributed by atoms with van der Waals surface area (Å²) in [5, 5.41) is 9.51. The van der Waals surface area contributed by atoms with Gasteiger partial charge in [-0.15, -0.1) is 6.58 Å². The summed E-state index contributed by atoms with van der Waals surface area (Å²) in [6.07, 6.45) is 2.66. The number of hydrogen-bond donors (Lipinski definition) is 1. The van der Waals surface area contributed by atoms with E-state index in [9.17, 15) is 4.79 Å². The Hall–Kier alpha value is -1.27. The van der Waals surface area contributed by atoms with E-state index in [-0.39, 0.29) is 5.75 Å². The van der Waals surface area contributed by atoms with Gasteiger partial charge in [0.15, 0.2) is 5.16 Å². The monoisotopic (exact) mass is 340 g/mol. The fraction of sp³-hybridized carbons (Fsp3) is 0.231. The molecule has 1 aromatic carbocycles. The molecule has 0 bridgehead atoms. The molecule has 0 unspecified atom stereocenters. The Labute approximate surface area is 123 Å². The largest absolute Gasteiger partial charge is 0.481 e. The summed E-state index contributed by atoms with van der Waals surface area (Å²) in [6.45, 7) is 4.47. The van der Waals surface area contributed by atoms with E-state index in [1.807, 2.05) is 28.8 Å². The number of halogens is 1. The lowest BCUT2D eigenvalue weighted by molar-refractivity contribution is -0.133. The van der Waals surface area contributed by atoms with Gasteiger partial charge in [-0.2, -0.15) is 0 Å². The minimum atomic E-state index is -0.839. The molecule has 1 aromatic heterocycles. The van der Waals surface area contributed by atoms with E-state index in [4.69, 9.17) is 5.11 Å². The van der Waals surface area contributed by atoms with Crippen molar-refractivity contribution in [1.82, 2.24) is 9.55 Å². The molecule has 0 aliphatic rings. The van der Waals surface area contributed by atoms with E-state index in [1.54, 1.807) is 0 Å². The number of hydrogen-bond acceptors (Lipinski definition) is 3. The van der Waals surface area contributed by atoms with Gasteiger partial charge in [-0.05, 0) is 24.6 Å². The van der Waals surface area contributed by atoms with Gasteiger partial charge >= 0.3 is 5.97 Å². The third-order valence-electron chi connectivity index (χ3n) is 2.56. The molecule has 0 atom stereocenters. The Balaban J connectivity index is 2.42. The van der Waals surface area contributed by atoms with Crippen LogP contribution in [0.4, 0.5) is 0 Å². The number of carboxylic acid groups (broad SMARTS) is 1. The van der Waals surface area contributed by atoms with Gasteiger partial charge in [0, 0.05) is 11.0 Å². The van der Waals surface area contributed by atoms with E-state index < -0.39 is 5.97 Å².